The highest BCUT2D eigenvalue weighted by molar-refractivity contribution is 6.21. The van der Waals surface area contributed by atoms with E-state index in [0.717, 1.165) is 25.3 Å². The third kappa shape index (κ3) is 2.54. The zero-order valence-electron chi connectivity index (χ0n) is 11.6. The van der Waals surface area contributed by atoms with Gasteiger partial charge in [-0.25, -0.2) is 0 Å². The van der Waals surface area contributed by atoms with Crippen LogP contribution in [0.5, 0.6) is 0 Å². The van der Waals surface area contributed by atoms with Gasteiger partial charge in [0.1, 0.15) is 0 Å². The Morgan fingerprint density at radius 1 is 1.20 bits per heavy atom. The molecule has 0 aliphatic carbocycles. The lowest BCUT2D eigenvalue weighted by atomic mass is 9.97. The minimum Gasteiger partial charge on any atom is -0.385 e. The van der Waals surface area contributed by atoms with Crippen LogP contribution in [-0.4, -0.2) is 43.4 Å². The molecule has 2 aliphatic rings. The van der Waals surface area contributed by atoms with Crippen LogP contribution in [0, 0.1) is 5.92 Å². The number of fused-ring (bicyclic) bond motifs is 1. The first kappa shape index (κ1) is 13.1. The van der Waals surface area contributed by atoms with E-state index < -0.39 is 0 Å². The maximum absolute atomic E-state index is 11.6. The quantitative estimate of drug-likeness (QED) is 0.816. The molecule has 5 nitrogen and oxygen atoms in total. The molecular formula is C15H19N3O2. The SMILES string of the molecule is CN1CCC(CNc2ccc3c(c2)C(=O)NC3=O)CC1. The molecule has 5 heteroatoms. The Kier molecular flexibility index (Phi) is 3.44. The second-order valence-corrected chi connectivity index (χ2v) is 5.67. The van der Waals surface area contributed by atoms with Crippen molar-refractivity contribution in [3.63, 3.8) is 0 Å². The number of carbonyl (C=O) groups excluding carboxylic acids is 2. The largest absolute Gasteiger partial charge is 0.385 e. The van der Waals surface area contributed by atoms with Crippen LogP contribution in [0.2, 0.25) is 0 Å². The van der Waals surface area contributed by atoms with Gasteiger partial charge in [-0.05, 0) is 57.1 Å². The van der Waals surface area contributed by atoms with E-state index in [1.807, 2.05) is 6.07 Å². The fourth-order valence-electron chi connectivity index (χ4n) is 2.81. The molecule has 1 aromatic carbocycles. The van der Waals surface area contributed by atoms with Crippen LogP contribution >= 0.6 is 0 Å². The van der Waals surface area contributed by atoms with Crippen LogP contribution in [-0.2, 0) is 0 Å². The van der Waals surface area contributed by atoms with Crippen LogP contribution in [0.15, 0.2) is 18.2 Å². The van der Waals surface area contributed by atoms with E-state index in [1.165, 1.54) is 12.8 Å². The van der Waals surface area contributed by atoms with Crippen LogP contribution in [0.4, 0.5) is 5.69 Å². The van der Waals surface area contributed by atoms with Crippen molar-refractivity contribution in [2.45, 2.75) is 12.8 Å². The molecule has 3 rings (SSSR count). The number of piperidine rings is 1. The Hall–Kier alpha value is -1.88. The first-order valence-electron chi connectivity index (χ1n) is 7.05. The minimum atomic E-state index is -0.299. The fourth-order valence-corrected chi connectivity index (χ4v) is 2.81. The molecule has 106 valence electrons. The predicted octanol–water partition coefficient (Wildman–Crippen LogP) is 1.32. The average molecular weight is 273 g/mol. The molecule has 20 heavy (non-hydrogen) atoms. The number of benzene rings is 1. The van der Waals surface area contributed by atoms with Gasteiger partial charge < -0.3 is 10.2 Å². The zero-order valence-corrected chi connectivity index (χ0v) is 11.6. The van der Waals surface area contributed by atoms with Gasteiger partial charge in [0, 0.05) is 12.2 Å². The summed E-state index contributed by atoms with van der Waals surface area (Å²) in [6.45, 7) is 3.21. The third-order valence-corrected chi connectivity index (χ3v) is 4.17. The van der Waals surface area contributed by atoms with Gasteiger partial charge >= 0.3 is 0 Å². The van der Waals surface area contributed by atoms with Crippen LogP contribution in [0.1, 0.15) is 33.6 Å². The maximum atomic E-state index is 11.6. The van der Waals surface area contributed by atoms with Crippen molar-refractivity contribution in [2.24, 2.45) is 5.92 Å². The summed E-state index contributed by atoms with van der Waals surface area (Å²) >= 11 is 0. The molecule has 0 radical (unpaired) electrons. The molecule has 2 aliphatic heterocycles. The lowest BCUT2D eigenvalue weighted by molar-refractivity contribution is 0.0879. The topological polar surface area (TPSA) is 61.4 Å². The molecule has 1 aromatic rings. The van der Waals surface area contributed by atoms with Gasteiger partial charge in [-0.1, -0.05) is 0 Å². The zero-order chi connectivity index (χ0) is 14.1. The van der Waals surface area contributed by atoms with Crippen molar-refractivity contribution in [3.8, 4) is 0 Å². The summed E-state index contributed by atoms with van der Waals surface area (Å²) in [5.41, 5.74) is 1.86. The number of anilines is 1. The molecule has 0 unspecified atom stereocenters. The lowest BCUT2D eigenvalue weighted by Crippen LogP contribution is -2.32. The van der Waals surface area contributed by atoms with Crippen LogP contribution in [0.3, 0.4) is 0 Å². The molecular weight excluding hydrogens is 254 g/mol. The summed E-state index contributed by atoms with van der Waals surface area (Å²) in [7, 11) is 2.15. The van der Waals surface area contributed by atoms with Crippen molar-refractivity contribution in [3.05, 3.63) is 29.3 Å². The number of nitrogens with zero attached hydrogens (tertiary/aromatic N) is 1. The summed E-state index contributed by atoms with van der Waals surface area (Å²) in [6, 6.07) is 5.35. The highest BCUT2D eigenvalue weighted by Gasteiger charge is 2.26. The highest BCUT2D eigenvalue weighted by atomic mass is 16.2. The Labute approximate surface area is 118 Å². The minimum absolute atomic E-state index is 0.298. The van der Waals surface area contributed by atoms with E-state index in [2.05, 4.69) is 22.6 Å². The van der Waals surface area contributed by atoms with Gasteiger partial charge in [-0.3, -0.25) is 14.9 Å². The van der Waals surface area contributed by atoms with E-state index in [4.69, 9.17) is 0 Å². The Morgan fingerprint density at radius 3 is 2.65 bits per heavy atom. The monoisotopic (exact) mass is 273 g/mol. The highest BCUT2D eigenvalue weighted by Crippen LogP contribution is 2.22. The third-order valence-electron chi connectivity index (χ3n) is 4.17. The summed E-state index contributed by atoms with van der Waals surface area (Å²) < 4.78 is 0. The molecule has 2 amide bonds. The first-order valence-corrected chi connectivity index (χ1v) is 7.05. The number of rotatable bonds is 3. The summed E-state index contributed by atoms with van der Waals surface area (Å²) in [4.78, 5) is 25.4. The second-order valence-electron chi connectivity index (χ2n) is 5.67. The Balaban J connectivity index is 1.63. The summed E-state index contributed by atoms with van der Waals surface area (Å²) in [6.07, 6.45) is 2.40. The molecule has 2 heterocycles. The molecule has 2 N–H and O–H groups in total. The van der Waals surface area contributed by atoms with Gasteiger partial charge in [0.15, 0.2) is 0 Å². The van der Waals surface area contributed by atoms with Gasteiger partial charge in [0.25, 0.3) is 11.8 Å². The van der Waals surface area contributed by atoms with Crippen LogP contribution < -0.4 is 10.6 Å². The van der Waals surface area contributed by atoms with Crippen molar-refractivity contribution in [1.29, 1.82) is 0 Å². The Morgan fingerprint density at radius 2 is 1.90 bits per heavy atom. The molecule has 1 fully saturated rings. The Bertz CT molecular complexity index is 548. The average Bonchev–Trinajstić information content (AvgIpc) is 2.73. The number of amides is 2. The van der Waals surface area contributed by atoms with Gasteiger partial charge in [0.05, 0.1) is 11.1 Å². The van der Waals surface area contributed by atoms with E-state index in [1.54, 1.807) is 12.1 Å². The van der Waals surface area contributed by atoms with E-state index in [-0.39, 0.29) is 11.8 Å². The van der Waals surface area contributed by atoms with Crippen molar-refractivity contribution in [2.75, 3.05) is 32.0 Å². The lowest BCUT2D eigenvalue weighted by Gasteiger charge is -2.29. The first-order chi connectivity index (χ1) is 9.63. The number of hydrogen-bond acceptors (Lipinski definition) is 4. The fraction of sp³-hybridized carbons (Fsp3) is 0.467. The number of likely N-dealkylation sites (tertiary alicyclic amines) is 1. The van der Waals surface area contributed by atoms with Crippen molar-refractivity contribution in [1.82, 2.24) is 10.2 Å². The normalized spacial score (nSPS) is 19.9. The molecule has 0 saturated carbocycles. The standard InChI is InChI=1S/C15H19N3O2/c1-18-6-4-10(5-7-18)9-16-11-2-3-12-13(8-11)15(20)17-14(12)19/h2-3,8,10,16H,4-7,9H2,1H3,(H,17,19,20). The van der Waals surface area contributed by atoms with E-state index in [9.17, 15) is 9.59 Å². The van der Waals surface area contributed by atoms with Crippen molar-refractivity contribution >= 4 is 17.5 Å². The number of imide groups is 1. The van der Waals surface area contributed by atoms with Crippen LogP contribution in [0.25, 0.3) is 0 Å². The molecule has 0 aromatic heterocycles. The van der Waals surface area contributed by atoms with Crippen molar-refractivity contribution < 1.29 is 9.59 Å². The number of carbonyl (C=O) groups is 2. The second kappa shape index (κ2) is 5.25. The van der Waals surface area contributed by atoms with Gasteiger partial charge in [-0.15, -0.1) is 0 Å². The van der Waals surface area contributed by atoms with E-state index in [0.29, 0.717) is 17.0 Å². The smallest absolute Gasteiger partial charge is 0.259 e. The van der Waals surface area contributed by atoms with E-state index >= 15 is 0 Å². The summed E-state index contributed by atoms with van der Waals surface area (Å²) in [5, 5.41) is 5.69. The number of hydrogen-bond donors (Lipinski definition) is 2. The van der Waals surface area contributed by atoms with Gasteiger partial charge in [-0.2, -0.15) is 0 Å². The molecule has 0 spiro atoms. The predicted molar refractivity (Wildman–Crippen MR) is 76.9 cm³/mol. The molecule has 1 saturated heterocycles. The van der Waals surface area contributed by atoms with Gasteiger partial charge in [0.2, 0.25) is 0 Å². The number of nitrogens with one attached hydrogen (secondary N) is 2. The molecule has 0 atom stereocenters. The molecule has 0 bridgehead atoms. The maximum Gasteiger partial charge on any atom is 0.259 e. The summed E-state index contributed by atoms with van der Waals surface area (Å²) in [5.74, 6) is 0.0784.